The molecule has 0 saturated carbocycles. The zero-order valence-electron chi connectivity index (χ0n) is 11.0. The van der Waals surface area contributed by atoms with Gasteiger partial charge in [0.2, 0.25) is 11.8 Å². The summed E-state index contributed by atoms with van der Waals surface area (Å²) in [6, 6.07) is -0.625. The van der Waals surface area contributed by atoms with Crippen LogP contribution in [0.2, 0.25) is 0 Å². The van der Waals surface area contributed by atoms with Crippen molar-refractivity contribution in [1.82, 2.24) is 9.80 Å². The Morgan fingerprint density at radius 2 is 1.22 bits per heavy atom. The first-order valence-corrected chi connectivity index (χ1v) is 6.60. The van der Waals surface area contributed by atoms with Gasteiger partial charge in [0, 0.05) is 26.9 Å². The van der Waals surface area contributed by atoms with E-state index < -0.39 is 0 Å². The highest BCUT2D eigenvalue weighted by molar-refractivity contribution is 5.95. The highest BCUT2D eigenvalue weighted by Crippen LogP contribution is 2.25. The van der Waals surface area contributed by atoms with Gasteiger partial charge in [0.05, 0.1) is 12.1 Å². The maximum absolute atomic E-state index is 12.5. The minimum absolute atomic E-state index is 0.0433. The summed E-state index contributed by atoms with van der Waals surface area (Å²) in [5.41, 5.74) is 0. The third-order valence-corrected chi connectivity index (χ3v) is 3.97. The average molecular weight is 252 g/mol. The van der Waals surface area contributed by atoms with Crippen molar-refractivity contribution in [3.05, 3.63) is 0 Å². The van der Waals surface area contributed by atoms with Crippen LogP contribution in [-0.2, 0) is 14.4 Å². The second kappa shape index (κ2) is 5.08. The Morgan fingerprint density at radius 3 is 1.56 bits per heavy atom. The summed E-state index contributed by atoms with van der Waals surface area (Å²) in [5.74, 6) is -0.0353. The van der Waals surface area contributed by atoms with E-state index in [0.717, 1.165) is 25.7 Å². The van der Waals surface area contributed by atoms with Crippen molar-refractivity contribution in [3.63, 3.8) is 0 Å². The van der Waals surface area contributed by atoms with Gasteiger partial charge >= 0.3 is 0 Å². The van der Waals surface area contributed by atoms with Gasteiger partial charge in [-0.1, -0.05) is 0 Å². The van der Waals surface area contributed by atoms with Gasteiger partial charge in [-0.2, -0.15) is 0 Å². The molecule has 0 aliphatic carbocycles. The number of likely N-dealkylation sites (tertiary alicyclic amines) is 2. The molecule has 2 fully saturated rings. The van der Waals surface area contributed by atoms with E-state index in [-0.39, 0.29) is 29.7 Å². The molecule has 0 radical (unpaired) electrons. The van der Waals surface area contributed by atoms with Crippen molar-refractivity contribution >= 4 is 17.6 Å². The Hall–Kier alpha value is -1.39. The Labute approximate surface area is 107 Å². The molecular formula is C13H20N2O3. The van der Waals surface area contributed by atoms with Crippen molar-refractivity contribution in [3.8, 4) is 0 Å². The highest BCUT2D eigenvalue weighted by Gasteiger charge is 2.40. The lowest BCUT2D eigenvalue weighted by molar-refractivity contribution is -0.141. The highest BCUT2D eigenvalue weighted by atomic mass is 16.2. The average Bonchev–Trinajstić information content (AvgIpc) is 2.97. The van der Waals surface area contributed by atoms with Crippen LogP contribution in [0.15, 0.2) is 0 Å². The Morgan fingerprint density at radius 1 is 0.833 bits per heavy atom. The lowest BCUT2D eigenvalue weighted by atomic mass is 10.0. The van der Waals surface area contributed by atoms with E-state index >= 15 is 0 Å². The fourth-order valence-electron chi connectivity index (χ4n) is 3.10. The van der Waals surface area contributed by atoms with Gasteiger partial charge in [-0.05, 0) is 25.7 Å². The minimum Gasteiger partial charge on any atom is -0.333 e. The van der Waals surface area contributed by atoms with Gasteiger partial charge in [-0.25, -0.2) is 0 Å². The fourth-order valence-corrected chi connectivity index (χ4v) is 3.10. The second-order valence-electron chi connectivity index (χ2n) is 5.14. The molecule has 0 unspecified atom stereocenters. The molecule has 0 N–H and O–H groups in total. The predicted molar refractivity (Wildman–Crippen MR) is 65.8 cm³/mol. The van der Waals surface area contributed by atoms with Crippen LogP contribution in [0.1, 0.15) is 39.5 Å². The molecule has 0 aromatic rings. The third kappa shape index (κ3) is 2.26. The monoisotopic (exact) mass is 252 g/mol. The second-order valence-corrected chi connectivity index (χ2v) is 5.14. The molecule has 2 rings (SSSR count). The van der Waals surface area contributed by atoms with Crippen LogP contribution in [0, 0.1) is 0 Å². The van der Waals surface area contributed by atoms with E-state index in [9.17, 15) is 14.4 Å². The van der Waals surface area contributed by atoms with Gasteiger partial charge in [-0.3, -0.25) is 14.4 Å². The molecule has 2 atom stereocenters. The van der Waals surface area contributed by atoms with Crippen LogP contribution in [0.25, 0.3) is 0 Å². The SMILES string of the molecule is CC(=O)N1CCC[C@@H]1C(=O)[C@H]1CCCN1C(C)=O. The number of carbonyl (C=O) groups excluding carboxylic acids is 3. The molecule has 0 bridgehead atoms. The van der Waals surface area contributed by atoms with Crippen LogP contribution in [0.3, 0.4) is 0 Å². The van der Waals surface area contributed by atoms with E-state index in [2.05, 4.69) is 0 Å². The zero-order chi connectivity index (χ0) is 13.3. The first-order valence-electron chi connectivity index (χ1n) is 6.60. The number of hydrogen-bond acceptors (Lipinski definition) is 3. The van der Waals surface area contributed by atoms with Crippen molar-refractivity contribution < 1.29 is 14.4 Å². The maximum Gasteiger partial charge on any atom is 0.220 e. The van der Waals surface area contributed by atoms with Crippen molar-refractivity contribution in [2.45, 2.75) is 51.6 Å². The smallest absolute Gasteiger partial charge is 0.220 e. The zero-order valence-corrected chi connectivity index (χ0v) is 11.0. The quantitative estimate of drug-likeness (QED) is 0.722. The van der Waals surface area contributed by atoms with Crippen LogP contribution in [0.5, 0.6) is 0 Å². The number of amides is 2. The summed E-state index contributed by atoms with van der Waals surface area (Å²) < 4.78 is 0. The molecule has 2 aliphatic heterocycles. The van der Waals surface area contributed by atoms with Gasteiger partial charge in [-0.15, -0.1) is 0 Å². The standard InChI is InChI=1S/C13H20N2O3/c1-9(16)14-7-3-5-11(14)13(18)12-6-4-8-15(12)10(2)17/h11-12H,3-8H2,1-2H3/t11-,12-/m1/s1. The van der Waals surface area contributed by atoms with Crippen LogP contribution in [-0.4, -0.2) is 52.6 Å². The van der Waals surface area contributed by atoms with E-state index in [4.69, 9.17) is 0 Å². The van der Waals surface area contributed by atoms with E-state index in [1.807, 2.05) is 0 Å². The Balaban J connectivity index is 2.11. The molecular weight excluding hydrogens is 232 g/mol. The molecule has 2 heterocycles. The summed E-state index contributed by atoms with van der Waals surface area (Å²) in [4.78, 5) is 38.8. The third-order valence-electron chi connectivity index (χ3n) is 3.97. The number of carbonyl (C=O) groups is 3. The molecule has 100 valence electrons. The van der Waals surface area contributed by atoms with E-state index in [1.54, 1.807) is 9.80 Å². The predicted octanol–water partition coefficient (Wildman–Crippen LogP) is 0.577. The molecule has 0 spiro atoms. The van der Waals surface area contributed by atoms with Crippen molar-refractivity contribution in [2.24, 2.45) is 0 Å². The molecule has 5 nitrogen and oxygen atoms in total. The van der Waals surface area contributed by atoms with Crippen LogP contribution in [0.4, 0.5) is 0 Å². The topological polar surface area (TPSA) is 57.7 Å². The number of nitrogens with zero attached hydrogens (tertiary/aromatic N) is 2. The summed E-state index contributed by atoms with van der Waals surface area (Å²) in [7, 11) is 0. The Kier molecular flexibility index (Phi) is 3.68. The minimum atomic E-state index is -0.313. The lowest BCUT2D eigenvalue weighted by Gasteiger charge is -2.28. The molecule has 18 heavy (non-hydrogen) atoms. The normalized spacial score (nSPS) is 27.7. The number of hydrogen-bond donors (Lipinski definition) is 0. The summed E-state index contributed by atoms with van der Waals surface area (Å²) >= 11 is 0. The summed E-state index contributed by atoms with van der Waals surface area (Å²) in [6.45, 7) is 4.34. The van der Waals surface area contributed by atoms with Crippen molar-refractivity contribution in [2.75, 3.05) is 13.1 Å². The largest absolute Gasteiger partial charge is 0.333 e. The van der Waals surface area contributed by atoms with Crippen molar-refractivity contribution in [1.29, 1.82) is 0 Å². The fraction of sp³-hybridized carbons (Fsp3) is 0.769. The lowest BCUT2D eigenvalue weighted by Crippen LogP contribution is -2.49. The molecule has 2 amide bonds. The number of Topliss-reactive ketones (excluding diaryl/α,β-unsaturated/α-hetero) is 1. The summed E-state index contributed by atoms with van der Waals surface area (Å²) in [5, 5.41) is 0. The van der Waals surface area contributed by atoms with E-state index in [1.165, 1.54) is 13.8 Å². The number of rotatable bonds is 2. The first-order chi connectivity index (χ1) is 8.52. The van der Waals surface area contributed by atoms with E-state index in [0.29, 0.717) is 13.1 Å². The first kappa shape index (κ1) is 13.1. The van der Waals surface area contributed by atoms with Crippen LogP contribution >= 0.6 is 0 Å². The maximum atomic E-state index is 12.5. The molecule has 2 aliphatic rings. The molecule has 0 aromatic heterocycles. The number of ketones is 1. The van der Waals surface area contributed by atoms with Gasteiger partial charge < -0.3 is 9.80 Å². The Bertz CT molecular complexity index is 346. The van der Waals surface area contributed by atoms with Gasteiger partial charge in [0.25, 0.3) is 0 Å². The van der Waals surface area contributed by atoms with Gasteiger partial charge in [0.15, 0.2) is 5.78 Å². The van der Waals surface area contributed by atoms with Crippen LogP contribution < -0.4 is 0 Å². The molecule has 2 saturated heterocycles. The molecule has 5 heteroatoms. The summed E-state index contributed by atoms with van der Waals surface area (Å²) in [6.07, 6.45) is 3.23. The van der Waals surface area contributed by atoms with Gasteiger partial charge in [0.1, 0.15) is 0 Å². The molecule has 0 aromatic carbocycles.